The van der Waals surface area contributed by atoms with Crippen LogP contribution >= 0.6 is 23.2 Å². The molecule has 1 atom stereocenters. The first-order valence-electron chi connectivity index (χ1n) is 10.7. The van der Waals surface area contributed by atoms with Crippen LogP contribution < -0.4 is 0 Å². The minimum atomic E-state index is -1.00. The molecule has 3 aromatic rings. The van der Waals surface area contributed by atoms with E-state index in [1.807, 2.05) is 42.5 Å². The van der Waals surface area contributed by atoms with E-state index in [9.17, 15) is 0 Å². The van der Waals surface area contributed by atoms with Crippen molar-refractivity contribution < 1.29 is 4.43 Å². The third kappa shape index (κ3) is 5.32. The molecule has 0 aliphatic heterocycles. The standard InChI is InChI=1S/C26H30Cl2N2OSi/c1-6-13-21(22-23(27)29-18(2)30-24(22)28)26(31-32-25(3,4)5,19-14-9-7-10-15-19)20-16-11-8-12-17-20/h6-12,14-17,21H,1,13,32H2,2-5H3. The summed E-state index contributed by atoms with van der Waals surface area (Å²) < 4.78 is 7.09. The highest BCUT2D eigenvalue weighted by atomic mass is 35.5. The number of nitrogens with zero attached hydrogens (tertiary/aromatic N) is 2. The predicted molar refractivity (Wildman–Crippen MR) is 137 cm³/mol. The summed E-state index contributed by atoms with van der Waals surface area (Å²) in [6.45, 7) is 12.5. The fraction of sp³-hybridized carbons (Fsp3) is 0.308. The van der Waals surface area contributed by atoms with Gasteiger partial charge in [0.05, 0.1) is 0 Å². The molecule has 1 aromatic heterocycles. The summed E-state index contributed by atoms with van der Waals surface area (Å²) in [6.07, 6.45) is 2.48. The minimum Gasteiger partial charge on any atom is -0.409 e. The second-order valence-electron chi connectivity index (χ2n) is 9.16. The van der Waals surface area contributed by atoms with Crippen LogP contribution in [0.15, 0.2) is 73.3 Å². The predicted octanol–water partition coefficient (Wildman–Crippen LogP) is 7.01. The molecule has 0 saturated carbocycles. The van der Waals surface area contributed by atoms with Crippen molar-refractivity contribution in [2.45, 2.75) is 50.7 Å². The maximum Gasteiger partial charge on any atom is 0.168 e. The third-order valence-corrected chi connectivity index (χ3v) is 7.39. The Bertz CT molecular complexity index is 990. The van der Waals surface area contributed by atoms with E-state index in [1.165, 1.54) is 0 Å². The third-order valence-electron chi connectivity index (χ3n) is 5.34. The summed E-state index contributed by atoms with van der Waals surface area (Å²) in [5.41, 5.74) is 1.96. The van der Waals surface area contributed by atoms with Crippen LogP contribution in [-0.4, -0.2) is 19.7 Å². The van der Waals surface area contributed by atoms with Gasteiger partial charge in [0.15, 0.2) is 9.76 Å². The van der Waals surface area contributed by atoms with Gasteiger partial charge in [0.2, 0.25) is 0 Å². The zero-order chi connectivity index (χ0) is 23.4. The smallest absolute Gasteiger partial charge is 0.168 e. The van der Waals surface area contributed by atoms with Crippen molar-refractivity contribution in [1.29, 1.82) is 0 Å². The molecule has 0 aliphatic carbocycles. The van der Waals surface area contributed by atoms with Crippen LogP contribution in [0, 0.1) is 6.92 Å². The van der Waals surface area contributed by atoms with E-state index in [0.29, 0.717) is 28.1 Å². The van der Waals surface area contributed by atoms with Gasteiger partial charge in [-0.25, -0.2) is 9.97 Å². The molecule has 0 saturated heterocycles. The number of rotatable bonds is 8. The molecule has 0 aliphatic rings. The number of hydrogen-bond acceptors (Lipinski definition) is 3. The fourth-order valence-corrected chi connectivity index (χ4v) is 5.92. The number of allylic oxidation sites excluding steroid dienone is 1. The average molecular weight is 486 g/mol. The first kappa shape index (κ1) is 24.7. The number of aromatic nitrogens is 2. The van der Waals surface area contributed by atoms with Gasteiger partial charge in [-0.05, 0) is 29.5 Å². The second-order valence-corrected chi connectivity index (χ2v) is 12.6. The summed E-state index contributed by atoms with van der Waals surface area (Å²) in [4.78, 5) is 8.88. The van der Waals surface area contributed by atoms with Crippen LogP contribution in [0.5, 0.6) is 0 Å². The maximum absolute atomic E-state index is 7.09. The maximum atomic E-state index is 7.09. The Balaban J connectivity index is 2.38. The normalized spacial score (nSPS) is 13.4. The van der Waals surface area contributed by atoms with Crippen LogP contribution in [0.4, 0.5) is 0 Å². The van der Waals surface area contributed by atoms with Gasteiger partial charge in [0.1, 0.15) is 21.7 Å². The lowest BCUT2D eigenvalue weighted by Crippen LogP contribution is -2.41. The Morgan fingerprint density at radius 1 is 0.938 bits per heavy atom. The molecule has 1 unspecified atom stereocenters. The zero-order valence-corrected chi connectivity index (χ0v) is 22.0. The van der Waals surface area contributed by atoms with E-state index < -0.39 is 15.4 Å². The lowest BCUT2D eigenvalue weighted by Gasteiger charge is -2.44. The molecule has 0 amide bonds. The van der Waals surface area contributed by atoms with Crippen LogP contribution in [0.1, 0.15) is 55.6 Å². The quantitative estimate of drug-likeness (QED) is 0.196. The van der Waals surface area contributed by atoms with E-state index in [4.69, 9.17) is 27.6 Å². The largest absolute Gasteiger partial charge is 0.409 e. The molecular formula is C26H30Cl2N2OSi. The van der Waals surface area contributed by atoms with Crippen molar-refractivity contribution in [3.05, 3.63) is 106 Å². The molecule has 0 fully saturated rings. The molecule has 3 rings (SSSR count). The van der Waals surface area contributed by atoms with E-state index in [1.54, 1.807) is 6.92 Å². The molecule has 0 N–H and O–H groups in total. The van der Waals surface area contributed by atoms with Gasteiger partial charge < -0.3 is 4.43 Å². The minimum absolute atomic E-state index is 0.0743. The van der Waals surface area contributed by atoms with Crippen molar-refractivity contribution in [3.63, 3.8) is 0 Å². The summed E-state index contributed by atoms with van der Waals surface area (Å²) in [5, 5.41) is 0.781. The van der Waals surface area contributed by atoms with Gasteiger partial charge in [0, 0.05) is 11.5 Å². The lowest BCUT2D eigenvalue weighted by atomic mass is 9.72. The van der Waals surface area contributed by atoms with E-state index in [-0.39, 0.29) is 11.0 Å². The molecule has 1 heterocycles. The number of halogens is 2. The Hall–Kier alpha value is -1.98. The Labute approximate surface area is 203 Å². The van der Waals surface area contributed by atoms with Crippen molar-refractivity contribution in [2.75, 3.05) is 0 Å². The number of hydrogen-bond donors (Lipinski definition) is 0. The first-order valence-corrected chi connectivity index (χ1v) is 12.8. The summed E-state index contributed by atoms with van der Waals surface area (Å²) in [7, 11) is -1.00. The van der Waals surface area contributed by atoms with Crippen LogP contribution in [0.2, 0.25) is 15.3 Å². The summed E-state index contributed by atoms with van der Waals surface area (Å²) in [6, 6.07) is 20.6. The highest BCUT2D eigenvalue weighted by Crippen LogP contribution is 2.51. The van der Waals surface area contributed by atoms with E-state index in [2.05, 4.69) is 61.6 Å². The van der Waals surface area contributed by atoms with Crippen molar-refractivity contribution in [3.8, 4) is 0 Å². The van der Waals surface area contributed by atoms with E-state index in [0.717, 1.165) is 11.1 Å². The number of benzene rings is 2. The van der Waals surface area contributed by atoms with Crippen molar-refractivity contribution >= 4 is 33.0 Å². The zero-order valence-electron chi connectivity index (χ0n) is 19.1. The van der Waals surface area contributed by atoms with Gasteiger partial charge in [-0.15, -0.1) is 6.58 Å². The second kappa shape index (κ2) is 10.3. The van der Waals surface area contributed by atoms with Crippen LogP contribution in [-0.2, 0) is 10.0 Å². The molecule has 32 heavy (non-hydrogen) atoms. The van der Waals surface area contributed by atoms with Gasteiger partial charge >= 0.3 is 0 Å². The van der Waals surface area contributed by atoms with Gasteiger partial charge in [-0.2, -0.15) is 0 Å². The molecular weight excluding hydrogens is 455 g/mol. The molecule has 0 radical (unpaired) electrons. The lowest BCUT2D eigenvalue weighted by molar-refractivity contribution is 0.0784. The summed E-state index contributed by atoms with van der Waals surface area (Å²) in [5.74, 6) is 0.274. The SMILES string of the molecule is C=CCC(c1c(Cl)nc(C)nc1Cl)C(O[SiH2]C(C)(C)C)(c1ccccc1)c1ccccc1. The Kier molecular flexibility index (Phi) is 7.94. The molecule has 0 spiro atoms. The van der Waals surface area contributed by atoms with Gasteiger partial charge in [-0.3, -0.25) is 0 Å². The number of aryl methyl sites for hydroxylation is 1. The van der Waals surface area contributed by atoms with Crippen molar-refractivity contribution in [1.82, 2.24) is 9.97 Å². The highest BCUT2D eigenvalue weighted by Gasteiger charge is 2.46. The average Bonchev–Trinajstić information content (AvgIpc) is 2.74. The van der Waals surface area contributed by atoms with Crippen LogP contribution in [0.3, 0.4) is 0 Å². The first-order chi connectivity index (χ1) is 15.2. The molecule has 3 nitrogen and oxygen atoms in total. The Morgan fingerprint density at radius 3 is 1.81 bits per heavy atom. The molecule has 6 heteroatoms. The van der Waals surface area contributed by atoms with Crippen molar-refractivity contribution in [2.24, 2.45) is 0 Å². The van der Waals surface area contributed by atoms with Gasteiger partial charge in [-0.1, -0.05) is 111 Å². The molecule has 2 aromatic carbocycles. The topological polar surface area (TPSA) is 35.0 Å². The molecule has 168 valence electrons. The summed E-state index contributed by atoms with van der Waals surface area (Å²) >= 11 is 13.4. The highest BCUT2D eigenvalue weighted by molar-refractivity contribution is 6.34. The Morgan fingerprint density at radius 2 is 1.41 bits per heavy atom. The fourth-order valence-electron chi connectivity index (χ4n) is 3.99. The molecule has 0 bridgehead atoms. The van der Waals surface area contributed by atoms with E-state index >= 15 is 0 Å². The van der Waals surface area contributed by atoms with Crippen LogP contribution in [0.25, 0.3) is 0 Å². The monoisotopic (exact) mass is 484 g/mol. The van der Waals surface area contributed by atoms with Gasteiger partial charge in [0.25, 0.3) is 0 Å².